The molecule has 0 aliphatic carbocycles. The van der Waals surface area contributed by atoms with E-state index in [4.69, 9.17) is 16.3 Å². The van der Waals surface area contributed by atoms with Gasteiger partial charge in [-0.3, -0.25) is 4.79 Å². The van der Waals surface area contributed by atoms with Crippen LogP contribution < -0.4 is 5.32 Å². The van der Waals surface area contributed by atoms with E-state index >= 15 is 0 Å². The lowest BCUT2D eigenvalue weighted by Gasteiger charge is -2.19. The summed E-state index contributed by atoms with van der Waals surface area (Å²) in [5.74, 6) is -2.08. The van der Waals surface area contributed by atoms with Crippen LogP contribution >= 0.6 is 11.6 Å². The first-order chi connectivity index (χ1) is 14.5. The van der Waals surface area contributed by atoms with E-state index in [1.165, 1.54) is 35.5 Å². The molecule has 1 unspecified atom stereocenters. The third-order valence-electron chi connectivity index (χ3n) is 4.61. The molecule has 0 radical (unpaired) electrons. The number of benzene rings is 2. The number of hydrogen-bond acceptors (Lipinski definition) is 5. The van der Waals surface area contributed by atoms with E-state index in [0.717, 1.165) is 12.1 Å². The van der Waals surface area contributed by atoms with Gasteiger partial charge < -0.3 is 10.1 Å². The van der Waals surface area contributed by atoms with E-state index < -0.39 is 33.8 Å². The minimum atomic E-state index is -3.77. The van der Waals surface area contributed by atoms with E-state index in [2.05, 4.69) is 5.32 Å². The van der Waals surface area contributed by atoms with E-state index in [9.17, 15) is 22.4 Å². The molecular formula is C21H24ClFN2O5S. The maximum atomic E-state index is 13.1. The average Bonchev–Trinajstić information content (AvgIpc) is 2.70. The summed E-state index contributed by atoms with van der Waals surface area (Å²) < 4.78 is 45.1. The molecule has 2 rings (SSSR count). The zero-order chi connectivity index (χ0) is 23.3. The monoisotopic (exact) mass is 470 g/mol. The molecule has 0 saturated carbocycles. The van der Waals surface area contributed by atoms with Gasteiger partial charge in [0.1, 0.15) is 5.82 Å². The Balaban J connectivity index is 2.20. The summed E-state index contributed by atoms with van der Waals surface area (Å²) >= 11 is 5.89. The summed E-state index contributed by atoms with van der Waals surface area (Å²) in [4.78, 5) is 25.0. The Kier molecular flexibility index (Phi) is 8.16. The number of halogens is 2. The molecule has 0 spiro atoms. The maximum absolute atomic E-state index is 13.1. The SMILES string of the molecule is CCN(CC)S(=O)(=O)c1ccc(C)c(C(=O)OC(C)C(=O)Nc2ccc(F)cc2Cl)c1. The van der Waals surface area contributed by atoms with Crippen LogP contribution in [0, 0.1) is 12.7 Å². The normalized spacial score (nSPS) is 12.5. The number of esters is 1. The van der Waals surface area contributed by atoms with Crippen LogP contribution in [-0.4, -0.2) is 43.8 Å². The minimum Gasteiger partial charge on any atom is -0.449 e. The summed E-state index contributed by atoms with van der Waals surface area (Å²) in [5.41, 5.74) is 0.699. The van der Waals surface area contributed by atoms with Crippen LogP contribution in [0.15, 0.2) is 41.3 Å². The van der Waals surface area contributed by atoms with Crippen molar-refractivity contribution in [3.8, 4) is 0 Å². The average molecular weight is 471 g/mol. The number of ether oxygens (including phenoxy) is 1. The molecule has 0 aromatic heterocycles. The molecule has 0 heterocycles. The van der Waals surface area contributed by atoms with Crippen LogP contribution in [0.5, 0.6) is 0 Å². The summed E-state index contributed by atoms with van der Waals surface area (Å²) in [6, 6.07) is 7.63. The zero-order valence-corrected chi connectivity index (χ0v) is 19.2. The number of anilines is 1. The second kappa shape index (κ2) is 10.2. The van der Waals surface area contributed by atoms with Crippen molar-refractivity contribution in [1.82, 2.24) is 4.31 Å². The first-order valence-electron chi connectivity index (χ1n) is 9.58. The molecule has 0 aliphatic rings. The smallest absolute Gasteiger partial charge is 0.339 e. The fourth-order valence-corrected chi connectivity index (χ4v) is 4.50. The molecule has 2 aromatic carbocycles. The summed E-state index contributed by atoms with van der Waals surface area (Å²) in [6.07, 6.45) is -1.21. The molecule has 168 valence electrons. The molecule has 0 saturated heterocycles. The van der Waals surface area contributed by atoms with Crippen LogP contribution in [0.25, 0.3) is 0 Å². The van der Waals surface area contributed by atoms with Gasteiger partial charge in [-0.2, -0.15) is 4.31 Å². The lowest BCUT2D eigenvalue weighted by Crippen LogP contribution is -2.31. The van der Waals surface area contributed by atoms with Crippen LogP contribution in [0.1, 0.15) is 36.7 Å². The van der Waals surface area contributed by atoms with Crippen molar-refractivity contribution in [1.29, 1.82) is 0 Å². The molecule has 2 aromatic rings. The highest BCUT2D eigenvalue weighted by atomic mass is 35.5. The predicted molar refractivity (Wildman–Crippen MR) is 116 cm³/mol. The van der Waals surface area contributed by atoms with Crippen LogP contribution in [0.2, 0.25) is 5.02 Å². The Morgan fingerprint density at radius 1 is 1.16 bits per heavy atom. The predicted octanol–water partition coefficient (Wildman–Crippen LogP) is 4.00. The van der Waals surface area contributed by atoms with Crippen molar-refractivity contribution in [2.75, 3.05) is 18.4 Å². The number of hydrogen-bond donors (Lipinski definition) is 1. The fraction of sp³-hybridized carbons (Fsp3) is 0.333. The standard InChI is InChI=1S/C21H24ClFN2O5S/c1-5-25(6-2)31(28,29)16-9-7-13(3)17(12-16)21(27)30-14(4)20(26)24-19-10-8-15(23)11-18(19)22/h7-12,14H,5-6H2,1-4H3,(H,24,26). The molecule has 1 N–H and O–H groups in total. The van der Waals surface area contributed by atoms with Gasteiger partial charge in [0.05, 0.1) is 21.2 Å². The highest BCUT2D eigenvalue weighted by Crippen LogP contribution is 2.23. The molecule has 31 heavy (non-hydrogen) atoms. The molecular weight excluding hydrogens is 447 g/mol. The number of aryl methyl sites for hydroxylation is 1. The quantitative estimate of drug-likeness (QED) is 0.588. The van der Waals surface area contributed by atoms with Gasteiger partial charge in [-0.15, -0.1) is 0 Å². The van der Waals surface area contributed by atoms with Gasteiger partial charge in [-0.25, -0.2) is 17.6 Å². The largest absolute Gasteiger partial charge is 0.449 e. The van der Waals surface area contributed by atoms with Crippen molar-refractivity contribution in [3.63, 3.8) is 0 Å². The number of amides is 1. The number of sulfonamides is 1. The van der Waals surface area contributed by atoms with Gasteiger partial charge in [0.25, 0.3) is 5.91 Å². The molecule has 0 bridgehead atoms. The lowest BCUT2D eigenvalue weighted by molar-refractivity contribution is -0.123. The number of rotatable bonds is 8. The maximum Gasteiger partial charge on any atom is 0.339 e. The van der Waals surface area contributed by atoms with Gasteiger partial charge in [-0.1, -0.05) is 31.5 Å². The van der Waals surface area contributed by atoms with E-state index in [0.29, 0.717) is 5.56 Å². The van der Waals surface area contributed by atoms with E-state index in [-0.39, 0.29) is 34.3 Å². The molecule has 1 amide bonds. The first-order valence-corrected chi connectivity index (χ1v) is 11.4. The van der Waals surface area contributed by atoms with Gasteiger partial charge >= 0.3 is 5.97 Å². The van der Waals surface area contributed by atoms with Gasteiger partial charge in [0.15, 0.2) is 6.10 Å². The Bertz CT molecular complexity index is 1090. The summed E-state index contributed by atoms with van der Waals surface area (Å²) in [6.45, 7) is 7.01. The second-order valence-corrected chi connectivity index (χ2v) is 9.07. The highest BCUT2D eigenvalue weighted by Gasteiger charge is 2.25. The van der Waals surface area contributed by atoms with Crippen molar-refractivity contribution >= 4 is 39.2 Å². The Hall–Kier alpha value is -2.49. The summed E-state index contributed by atoms with van der Waals surface area (Å²) in [5, 5.41) is 2.45. The van der Waals surface area contributed by atoms with E-state index in [1.807, 2.05) is 0 Å². The third-order valence-corrected chi connectivity index (χ3v) is 6.97. The van der Waals surface area contributed by atoms with Gasteiger partial charge in [0, 0.05) is 13.1 Å². The Morgan fingerprint density at radius 3 is 2.39 bits per heavy atom. The van der Waals surface area contributed by atoms with Crippen LogP contribution in [0.4, 0.5) is 10.1 Å². The Morgan fingerprint density at radius 2 is 1.81 bits per heavy atom. The van der Waals surface area contributed by atoms with Crippen molar-refractivity contribution in [2.24, 2.45) is 0 Å². The van der Waals surface area contributed by atoms with Crippen LogP contribution in [0.3, 0.4) is 0 Å². The zero-order valence-electron chi connectivity index (χ0n) is 17.6. The lowest BCUT2D eigenvalue weighted by atomic mass is 10.1. The molecule has 10 heteroatoms. The van der Waals surface area contributed by atoms with Crippen molar-refractivity contribution in [3.05, 3.63) is 58.4 Å². The number of carbonyl (C=O) groups is 2. The van der Waals surface area contributed by atoms with Crippen molar-refractivity contribution in [2.45, 2.75) is 38.7 Å². The number of nitrogens with one attached hydrogen (secondary N) is 1. The Labute approximate surface area is 186 Å². The molecule has 0 fully saturated rings. The molecule has 0 aliphatic heterocycles. The number of carbonyl (C=O) groups excluding carboxylic acids is 2. The number of nitrogens with zero attached hydrogens (tertiary/aromatic N) is 1. The minimum absolute atomic E-state index is 0.00275. The van der Waals surface area contributed by atoms with Crippen LogP contribution in [-0.2, 0) is 19.6 Å². The molecule has 7 nitrogen and oxygen atoms in total. The van der Waals surface area contributed by atoms with Gasteiger partial charge in [-0.05, 0) is 49.7 Å². The van der Waals surface area contributed by atoms with Gasteiger partial charge in [0.2, 0.25) is 10.0 Å². The topological polar surface area (TPSA) is 92.8 Å². The third kappa shape index (κ3) is 5.81. The molecule has 1 atom stereocenters. The summed E-state index contributed by atoms with van der Waals surface area (Å²) in [7, 11) is -3.77. The van der Waals surface area contributed by atoms with Crippen molar-refractivity contribution < 1.29 is 27.1 Å². The second-order valence-electron chi connectivity index (χ2n) is 6.73. The highest BCUT2D eigenvalue weighted by molar-refractivity contribution is 7.89. The fourth-order valence-electron chi connectivity index (χ4n) is 2.80. The van der Waals surface area contributed by atoms with E-state index in [1.54, 1.807) is 20.8 Å². The first kappa shape index (κ1) is 24.8.